The molecule has 0 bridgehead atoms. The highest BCUT2D eigenvalue weighted by molar-refractivity contribution is 5.71. The van der Waals surface area contributed by atoms with Crippen LogP contribution in [0.5, 0.6) is 0 Å². The van der Waals surface area contributed by atoms with Gasteiger partial charge in [0, 0.05) is 19.3 Å². The number of unbranched alkanes of at least 4 members (excludes halogenated alkanes) is 38. The maximum Gasteiger partial charge on any atom is 0.306 e. The fraction of sp³-hybridized carbons (Fsp3) is 0.789. The Hall–Kier alpha value is -3.15. The van der Waals surface area contributed by atoms with Crippen molar-refractivity contribution >= 4 is 17.9 Å². The molecule has 0 radical (unpaired) electrons. The Labute approximate surface area is 478 Å². The van der Waals surface area contributed by atoms with Gasteiger partial charge in [-0.3, -0.25) is 14.4 Å². The molecule has 0 spiro atoms. The van der Waals surface area contributed by atoms with Crippen molar-refractivity contribution in [1.82, 2.24) is 0 Å². The third kappa shape index (κ3) is 63.6. The highest BCUT2D eigenvalue weighted by atomic mass is 16.6. The third-order valence-corrected chi connectivity index (χ3v) is 14.7. The van der Waals surface area contributed by atoms with Crippen LogP contribution in [-0.4, -0.2) is 37.2 Å². The molecule has 0 heterocycles. The molecule has 0 aliphatic rings. The minimum absolute atomic E-state index is 0.0735. The van der Waals surface area contributed by atoms with Gasteiger partial charge in [0.2, 0.25) is 0 Å². The predicted octanol–water partition coefficient (Wildman–Crippen LogP) is 22.9. The molecule has 1 atom stereocenters. The van der Waals surface area contributed by atoms with Gasteiger partial charge in [0.25, 0.3) is 0 Å². The summed E-state index contributed by atoms with van der Waals surface area (Å²) >= 11 is 0. The molecule has 0 saturated carbocycles. The van der Waals surface area contributed by atoms with Gasteiger partial charge in [0.15, 0.2) is 6.10 Å². The maximum absolute atomic E-state index is 12.9. The van der Waals surface area contributed by atoms with Crippen LogP contribution >= 0.6 is 0 Å². The average Bonchev–Trinajstić information content (AvgIpc) is 3.43. The molecule has 6 heteroatoms. The van der Waals surface area contributed by atoms with Gasteiger partial charge in [-0.2, -0.15) is 0 Å². The molecule has 77 heavy (non-hydrogen) atoms. The molecule has 0 rings (SSSR count). The maximum atomic E-state index is 12.9. The molecule has 0 aromatic rings. The fourth-order valence-electron chi connectivity index (χ4n) is 9.70. The first kappa shape index (κ1) is 73.8. The zero-order valence-corrected chi connectivity index (χ0v) is 51.2. The van der Waals surface area contributed by atoms with Crippen molar-refractivity contribution in [2.45, 2.75) is 348 Å². The van der Waals surface area contributed by atoms with Crippen LogP contribution in [0.3, 0.4) is 0 Å². The Morgan fingerprint density at radius 3 is 0.805 bits per heavy atom. The summed E-state index contributed by atoms with van der Waals surface area (Å²) in [7, 11) is 0. The van der Waals surface area contributed by atoms with Crippen LogP contribution < -0.4 is 0 Å². The van der Waals surface area contributed by atoms with E-state index < -0.39 is 6.10 Å². The molecule has 6 nitrogen and oxygen atoms in total. The number of carbonyl (C=O) groups excluding carboxylic acids is 3. The SMILES string of the molecule is CC/C=C\C/C=C\C/C=C\C/C=C\CCCCCCCCCCCCCCCCCCCCCCC(=O)OCC(COC(=O)CCCCCCCCCC)OC(=O)CCCCCCCCC/C=C\C/C=C\CCCCCC. The largest absolute Gasteiger partial charge is 0.462 e. The van der Waals surface area contributed by atoms with E-state index in [1.807, 2.05) is 0 Å². The Morgan fingerprint density at radius 2 is 0.506 bits per heavy atom. The lowest BCUT2D eigenvalue weighted by Crippen LogP contribution is -2.30. The highest BCUT2D eigenvalue weighted by Gasteiger charge is 2.19. The van der Waals surface area contributed by atoms with Gasteiger partial charge in [-0.25, -0.2) is 0 Å². The molecule has 0 amide bonds. The van der Waals surface area contributed by atoms with Crippen molar-refractivity contribution in [2.75, 3.05) is 13.2 Å². The van der Waals surface area contributed by atoms with E-state index in [4.69, 9.17) is 14.2 Å². The highest BCUT2D eigenvalue weighted by Crippen LogP contribution is 2.17. The first-order valence-electron chi connectivity index (χ1n) is 33.4. The van der Waals surface area contributed by atoms with E-state index in [1.165, 1.54) is 205 Å². The van der Waals surface area contributed by atoms with Gasteiger partial charge in [-0.15, -0.1) is 0 Å². The van der Waals surface area contributed by atoms with Crippen LogP contribution in [0.1, 0.15) is 342 Å². The van der Waals surface area contributed by atoms with E-state index in [9.17, 15) is 14.4 Å². The molecule has 0 aromatic carbocycles. The first-order valence-corrected chi connectivity index (χ1v) is 33.4. The Morgan fingerprint density at radius 1 is 0.273 bits per heavy atom. The summed E-state index contributed by atoms with van der Waals surface area (Å²) < 4.78 is 16.9. The van der Waals surface area contributed by atoms with Gasteiger partial charge < -0.3 is 14.2 Å². The van der Waals surface area contributed by atoms with Crippen LogP contribution in [0.25, 0.3) is 0 Å². The van der Waals surface area contributed by atoms with E-state index in [0.717, 1.165) is 96.3 Å². The predicted molar refractivity (Wildman–Crippen MR) is 335 cm³/mol. The van der Waals surface area contributed by atoms with Gasteiger partial charge in [0.1, 0.15) is 13.2 Å². The summed E-state index contributed by atoms with van der Waals surface area (Å²) in [6.45, 7) is 6.51. The van der Waals surface area contributed by atoms with Crippen molar-refractivity contribution in [1.29, 1.82) is 0 Å². The summed E-state index contributed by atoms with van der Waals surface area (Å²) in [5.74, 6) is -0.868. The number of rotatable bonds is 61. The van der Waals surface area contributed by atoms with Gasteiger partial charge >= 0.3 is 17.9 Å². The van der Waals surface area contributed by atoms with Crippen LogP contribution in [0.15, 0.2) is 72.9 Å². The van der Waals surface area contributed by atoms with Crippen LogP contribution in [0, 0.1) is 0 Å². The van der Waals surface area contributed by atoms with Crippen LogP contribution in [-0.2, 0) is 28.6 Å². The van der Waals surface area contributed by atoms with Crippen molar-refractivity contribution in [2.24, 2.45) is 0 Å². The topological polar surface area (TPSA) is 78.9 Å². The lowest BCUT2D eigenvalue weighted by molar-refractivity contribution is -0.167. The van der Waals surface area contributed by atoms with E-state index >= 15 is 0 Å². The van der Waals surface area contributed by atoms with Crippen LogP contribution in [0.2, 0.25) is 0 Å². The van der Waals surface area contributed by atoms with Gasteiger partial charge in [-0.05, 0) is 89.9 Å². The zero-order chi connectivity index (χ0) is 55.7. The summed E-state index contributed by atoms with van der Waals surface area (Å²) in [6, 6.07) is 0. The number of carbonyl (C=O) groups is 3. The number of hydrogen-bond acceptors (Lipinski definition) is 6. The molecule has 0 aromatic heterocycles. The van der Waals surface area contributed by atoms with E-state index in [0.29, 0.717) is 19.3 Å². The number of hydrogen-bond donors (Lipinski definition) is 0. The van der Waals surface area contributed by atoms with Gasteiger partial charge in [-0.1, -0.05) is 306 Å². The van der Waals surface area contributed by atoms with Crippen LogP contribution in [0.4, 0.5) is 0 Å². The molecule has 1 unspecified atom stereocenters. The van der Waals surface area contributed by atoms with Crippen molar-refractivity contribution in [3.05, 3.63) is 72.9 Å². The quantitative estimate of drug-likeness (QED) is 0.0261. The molecule has 0 aliphatic carbocycles. The fourth-order valence-corrected chi connectivity index (χ4v) is 9.70. The minimum atomic E-state index is -0.775. The smallest absolute Gasteiger partial charge is 0.306 e. The first-order chi connectivity index (χ1) is 38.0. The third-order valence-electron chi connectivity index (χ3n) is 14.7. The lowest BCUT2D eigenvalue weighted by Gasteiger charge is -2.18. The molecule has 0 saturated heterocycles. The standard InChI is InChI=1S/C71H126O6/c1-4-7-10-13-16-19-21-23-25-27-29-30-31-32-33-34-35-36-37-38-39-40-41-42-43-45-46-48-50-52-55-58-61-64-70(73)76-67-68(66-75-69(72)63-60-57-54-18-15-12-9-6-3)77-71(74)65-62-59-56-53-51-49-47-44-28-26-24-22-20-17-14-11-8-5-2/h7,10,16,19-20,22-23,25-26,28-30,68H,4-6,8-9,11-15,17-18,21,24,27,31-67H2,1-3H3/b10-7-,19-16-,22-20-,25-23-,28-26-,30-29-. The minimum Gasteiger partial charge on any atom is -0.462 e. The normalized spacial score (nSPS) is 12.5. The average molecular weight is 1080 g/mol. The molecule has 0 fully saturated rings. The Kier molecular flexibility index (Phi) is 62.7. The van der Waals surface area contributed by atoms with Gasteiger partial charge in [0.05, 0.1) is 0 Å². The summed E-state index contributed by atoms with van der Waals surface area (Å²) in [4.78, 5) is 38.1. The summed E-state index contributed by atoms with van der Waals surface area (Å²) in [5, 5.41) is 0. The second kappa shape index (κ2) is 65.4. The second-order valence-corrected chi connectivity index (χ2v) is 22.4. The van der Waals surface area contributed by atoms with Crippen molar-refractivity contribution in [3.63, 3.8) is 0 Å². The Bertz CT molecular complexity index is 1420. The van der Waals surface area contributed by atoms with E-state index in [2.05, 4.69) is 93.7 Å². The lowest BCUT2D eigenvalue weighted by atomic mass is 10.0. The number of ether oxygens (including phenoxy) is 3. The van der Waals surface area contributed by atoms with Crippen molar-refractivity contribution < 1.29 is 28.6 Å². The zero-order valence-electron chi connectivity index (χ0n) is 51.2. The number of allylic oxidation sites excluding steroid dienone is 12. The number of esters is 3. The van der Waals surface area contributed by atoms with E-state index in [1.54, 1.807) is 0 Å². The molecular formula is C71H126O6. The monoisotopic (exact) mass is 1070 g/mol. The second-order valence-electron chi connectivity index (χ2n) is 22.4. The summed E-state index contributed by atoms with van der Waals surface area (Å²) in [6.07, 6.45) is 85.2. The molecule has 0 aliphatic heterocycles. The Balaban J connectivity index is 4.04. The molecule has 0 N–H and O–H groups in total. The van der Waals surface area contributed by atoms with E-state index in [-0.39, 0.29) is 31.1 Å². The summed E-state index contributed by atoms with van der Waals surface area (Å²) in [5.41, 5.74) is 0. The van der Waals surface area contributed by atoms with Crippen molar-refractivity contribution in [3.8, 4) is 0 Å². The molecule has 446 valence electrons. The molecular weight excluding hydrogens is 949 g/mol.